The molecule has 0 fully saturated rings. The highest BCUT2D eigenvalue weighted by atomic mass is 79.9. The Bertz CT molecular complexity index is 1280. The van der Waals surface area contributed by atoms with Crippen LogP contribution in [-0.2, 0) is 17.9 Å². The van der Waals surface area contributed by atoms with E-state index < -0.39 is 0 Å². The lowest BCUT2D eigenvalue weighted by Gasteiger charge is -2.08. The number of halogens is 2. The van der Waals surface area contributed by atoms with E-state index in [0.29, 0.717) is 11.4 Å². The molecule has 4 aromatic rings. The maximum Gasteiger partial charge on any atom is 0.259 e. The number of nitrogens with one attached hydrogen (secondary N) is 1. The Morgan fingerprint density at radius 2 is 1.90 bits per heavy atom. The summed E-state index contributed by atoms with van der Waals surface area (Å²) in [4.78, 5) is 28.8. The first kappa shape index (κ1) is 20.7. The van der Waals surface area contributed by atoms with Crippen LogP contribution in [0.3, 0.4) is 0 Å². The fraction of sp³-hybridized carbons (Fsp3) is 0.0909. The Morgan fingerprint density at radius 1 is 1.10 bits per heavy atom. The molecule has 0 radical (unpaired) electrons. The van der Waals surface area contributed by atoms with E-state index in [1.807, 2.05) is 24.3 Å². The van der Waals surface area contributed by atoms with E-state index >= 15 is 0 Å². The van der Waals surface area contributed by atoms with Gasteiger partial charge in [0.1, 0.15) is 12.4 Å². The van der Waals surface area contributed by atoms with E-state index in [1.54, 1.807) is 18.2 Å². The lowest BCUT2D eigenvalue weighted by molar-refractivity contribution is -0.121. The van der Waals surface area contributed by atoms with Crippen molar-refractivity contribution in [3.05, 3.63) is 93.1 Å². The summed E-state index contributed by atoms with van der Waals surface area (Å²) in [5, 5.41) is 6.69. The van der Waals surface area contributed by atoms with Crippen LogP contribution in [0.25, 0.3) is 22.8 Å². The molecule has 1 N–H and O–H groups in total. The first-order valence-electron chi connectivity index (χ1n) is 9.29. The summed E-state index contributed by atoms with van der Waals surface area (Å²) < 4.78 is 20.5. The van der Waals surface area contributed by atoms with Gasteiger partial charge in [-0.2, -0.15) is 4.98 Å². The molecule has 0 aliphatic rings. The van der Waals surface area contributed by atoms with Crippen molar-refractivity contribution in [3.8, 4) is 22.8 Å². The van der Waals surface area contributed by atoms with Crippen LogP contribution in [0.5, 0.6) is 0 Å². The number of amides is 1. The molecule has 0 bridgehead atoms. The minimum atomic E-state index is -0.357. The Hall–Kier alpha value is -3.59. The Kier molecular flexibility index (Phi) is 6.03. The highest BCUT2D eigenvalue weighted by Gasteiger charge is 2.13. The molecule has 2 aromatic heterocycles. The molecule has 0 saturated heterocycles. The number of hydrogen-bond acceptors (Lipinski definition) is 5. The molecule has 31 heavy (non-hydrogen) atoms. The van der Waals surface area contributed by atoms with Crippen LogP contribution in [0.2, 0.25) is 0 Å². The SMILES string of the molecule is O=C(Cn1cc(-c2nc(-c3cccc(Br)c3)no2)ccc1=O)NCc1ccc(F)cc1. The predicted octanol–water partition coefficient (Wildman–Crippen LogP) is 3.78. The van der Waals surface area contributed by atoms with Gasteiger partial charge in [0.2, 0.25) is 11.7 Å². The fourth-order valence-electron chi connectivity index (χ4n) is 2.88. The van der Waals surface area contributed by atoms with Gasteiger partial charge in [-0.1, -0.05) is 45.4 Å². The fourth-order valence-corrected chi connectivity index (χ4v) is 3.28. The third kappa shape index (κ3) is 5.13. The Balaban J connectivity index is 1.48. The van der Waals surface area contributed by atoms with Crippen molar-refractivity contribution in [3.63, 3.8) is 0 Å². The zero-order valence-corrected chi connectivity index (χ0v) is 17.7. The molecule has 0 aliphatic carbocycles. The van der Waals surface area contributed by atoms with Crippen molar-refractivity contribution in [2.45, 2.75) is 13.1 Å². The normalized spacial score (nSPS) is 10.8. The van der Waals surface area contributed by atoms with Crippen molar-refractivity contribution in [1.29, 1.82) is 0 Å². The molecule has 1 amide bonds. The van der Waals surface area contributed by atoms with Crippen molar-refractivity contribution < 1.29 is 13.7 Å². The summed E-state index contributed by atoms with van der Waals surface area (Å²) in [6, 6.07) is 16.2. The molecule has 0 saturated carbocycles. The van der Waals surface area contributed by atoms with Gasteiger partial charge >= 0.3 is 0 Å². The molecule has 2 heterocycles. The molecule has 0 aliphatic heterocycles. The van der Waals surface area contributed by atoms with Crippen molar-refractivity contribution in [2.75, 3.05) is 0 Å². The van der Waals surface area contributed by atoms with Crippen LogP contribution in [0.4, 0.5) is 4.39 Å². The molecule has 7 nitrogen and oxygen atoms in total. The van der Waals surface area contributed by atoms with Gasteiger partial charge in [0.25, 0.3) is 11.4 Å². The molecule has 9 heteroatoms. The molecular weight excluding hydrogens is 467 g/mol. The largest absolute Gasteiger partial charge is 0.350 e. The number of hydrogen-bond donors (Lipinski definition) is 1. The quantitative estimate of drug-likeness (QED) is 0.451. The summed E-state index contributed by atoms with van der Waals surface area (Å²) in [6.07, 6.45) is 1.50. The average molecular weight is 483 g/mol. The zero-order chi connectivity index (χ0) is 21.8. The van der Waals surface area contributed by atoms with Crippen LogP contribution in [-0.4, -0.2) is 20.6 Å². The van der Waals surface area contributed by atoms with Gasteiger partial charge in [-0.05, 0) is 35.9 Å². The van der Waals surface area contributed by atoms with E-state index in [9.17, 15) is 14.0 Å². The molecule has 0 unspecified atom stereocenters. The summed E-state index contributed by atoms with van der Waals surface area (Å²) in [5.74, 6) is -0.0620. The van der Waals surface area contributed by atoms with Crippen molar-refractivity contribution in [2.24, 2.45) is 0 Å². The molecule has 0 atom stereocenters. The third-order valence-electron chi connectivity index (χ3n) is 4.46. The number of carbonyl (C=O) groups is 1. The van der Waals surface area contributed by atoms with Crippen molar-refractivity contribution in [1.82, 2.24) is 20.0 Å². The molecule has 0 spiro atoms. The van der Waals surface area contributed by atoms with E-state index in [1.165, 1.54) is 29.0 Å². The zero-order valence-electron chi connectivity index (χ0n) is 16.1. The predicted molar refractivity (Wildman–Crippen MR) is 115 cm³/mol. The highest BCUT2D eigenvalue weighted by Crippen LogP contribution is 2.23. The maximum absolute atomic E-state index is 13.0. The molecule has 156 valence electrons. The number of rotatable bonds is 6. The van der Waals surface area contributed by atoms with E-state index in [0.717, 1.165) is 15.6 Å². The third-order valence-corrected chi connectivity index (χ3v) is 4.95. The van der Waals surface area contributed by atoms with Gasteiger partial charge in [0.05, 0.1) is 5.56 Å². The smallest absolute Gasteiger partial charge is 0.259 e. The highest BCUT2D eigenvalue weighted by molar-refractivity contribution is 9.10. The minimum Gasteiger partial charge on any atom is -0.350 e. The lowest BCUT2D eigenvalue weighted by Crippen LogP contribution is -2.31. The second-order valence-electron chi connectivity index (χ2n) is 6.72. The van der Waals surface area contributed by atoms with Gasteiger partial charge in [-0.3, -0.25) is 9.59 Å². The van der Waals surface area contributed by atoms with Crippen LogP contribution in [0.1, 0.15) is 5.56 Å². The monoisotopic (exact) mass is 482 g/mol. The van der Waals surface area contributed by atoms with Crippen LogP contribution in [0, 0.1) is 5.82 Å². The second-order valence-corrected chi connectivity index (χ2v) is 7.64. The second kappa shape index (κ2) is 9.05. The first-order chi connectivity index (χ1) is 15.0. The Morgan fingerprint density at radius 3 is 2.68 bits per heavy atom. The number of aromatic nitrogens is 3. The summed E-state index contributed by atoms with van der Waals surface area (Å²) in [7, 11) is 0. The van der Waals surface area contributed by atoms with Crippen molar-refractivity contribution >= 4 is 21.8 Å². The summed E-state index contributed by atoms with van der Waals surface area (Å²) in [5.41, 5.74) is 1.70. The number of nitrogens with zero attached hydrogens (tertiary/aromatic N) is 3. The number of pyridine rings is 1. The van der Waals surface area contributed by atoms with Crippen LogP contribution in [0.15, 0.2) is 80.7 Å². The summed E-state index contributed by atoms with van der Waals surface area (Å²) in [6.45, 7) is 0.0493. The minimum absolute atomic E-state index is 0.180. The van der Waals surface area contributed by atoms with Crippen LogP contribution < -0.4 is 10.9 Å². The van der Waals surface area contributed by atoms with Gasteiger partial charge in [-0.25, -0.2) is 4.39 Å². The number of benzene rings is 2. The molecule has 2 aromatic carbocycles. The van der Waals surface area contributed by atoms with Gasteiger partial charge in [0, 0.05) is 28.8 Å². The van der Waals surface area contributed by atoms with E-state index in [-0.39, 0.29) is 36.3 Å². The van der Waals surface area contributed by atoms with E-state index in [2.05, 4.69) is 31.4 Å². The number of carbonyl (C=O) groups excluding carboxylic acids is 1. The lowest BCUT2D eigenvalue weighted by atomic mass is 10.2. The molecule has 4 rings (SSSR count). The van der Waals surface area contributed by atoms with Crippen LogP contribution >= 0.6 is 15.9 Å². The summed E-state index contributed by atoms with van der Waals surface area (Å²) >= 11 is 3.40. The maximum atomic E-state index is 13.0. The first-order valence-corrected chi connectivity index (χ1v) is 10.1. The topological polar surface area (TPSA) is 90.0 Å². The molecular formula is C22H16BrFN4O3. The van der Waals surface area contributed by atoms with E-state index in [4.69, 9.17) is 4.52 Å². The average Bonchev–Trinajstić information content (AvgIpc) is 3.25. The Labute approximate surface area is 184 Å². The van der Waals surface area contributed by atoms with Gasteiger partial charge < -0.3 is 14.4 Å². The van der Waals surface area contributed by atoms with Gasteiger partial charge in [-0.15, -0.1) is 0 Å². The standard InChI is InChI=1S/C22H16BrFN4O3/c23-17-3-1-2-15(10-17)21-26-22(31-27-21)16-6-9-20(30)28(12-16)13-19(29)25-11-14-4-7-18(24)8-5-14/h1-10,12H,11,13H2,(H,25,29). The van der Waals surface area contributed by atoms with Gasteiger partial charge in [0.15, 0.2) is 0 Å².